The molecular weight excluding hydrogens is 278 g/mol. The zero-order valence-electron chi connectivity index (χ0n) is 12.3. The highest BCUT2D eigenvalue weighted by atomic mass is 16.3. The van der Waals surface area contributed by atoms with E-state index in [0.717, 1.165) is 23.6 Å². The summed E-state index contributed by atoms with van der Waals surface area (Å²) >= 11 is 0. The maximum Gasteiger partial charge on any atom is 0.255 e. The molecule has 1 aromatic carbocycles. The standard InChI is InChI=1S/C17H17N3O2/c1-2-16-15(17(21)18-11-14-9-6-10-22-14)12-19-20(16)13-7-4-3-5-8-13/h3-10,12H,2,11H2,1H3,(H,18,21). The molecule has 0 unspecified atom stereocenters. The minimum atomic E-state index is -0.143. The number of aromatic nitrogens is 2. The molecule has 5 heteroatoms. The van der Waals surface area contributed by atoms with E-state index in [1.165, 1.54) is 0 Å². The molecule has 3 aromatic rings. The summed E-state index contributed by atoms with van der Waals surface area (Å²) in [4.78, 5) is 12.4. The zero-order valence-corrected chi connectivity index (χ0v) is 12.3. The van der Waals surface area contributed by atoms with Gasteiger partial charge in [-0.1, -0.05) is 25.1 Å². The normalized spacial score (nSPS) is 10.6. The summed E-state index contributed by atoms with van der Waals surface area (Å²) < 4.78 is 7.02. The molecule has 0 aliphatic rings. The van der Waals surface area contributed by atoms with Gasteiger partial charge < -0.3 is 9.73 Å². The molecule has 0 aliphatic carbocycles. The van der Waals surface area contributed by atoms with Crippen LogP contribution >= 0.6 is 0 Å². The summed E-state index contributed by atoms with van der Waals surface area (Å²) in [7, 11) is 0. The van der Waals surface area contributed by atoms with Crippen molar-refractivity contribution >= 4 is 5.91 Å². The van der Waals surface area contributed by atoms with Crippen LogP contribution in [0.25, 0.3) is 5.69 Å². The van der Waals surface area contributed by atoms with Gasteiger partial charge >= 0.3 is 0 Å². The van der Waals surface area contributed by atoms with Crippen LogP contribution in [-0.4, -0.2) is 15.7 Å². The van der Waals surface area contributed by atoms with Crippen LogP contribution in [0.4, 0.5) is 0 Å². The Morgan fingerprint density at radius 3 is 2.73 bits per heavy atom. The molecule has 2 aromatic heterocycles. The lowest BCUT2D eigenvalue weighted by Crippen LogP contribution is -2.23. The Balaban J connectivity index is 1.82. The number of benzene rings is 1. The van der Waals surface area contributed by atoms with Gasteiger partial charge in [-0.2, -0.15) is 5.10 Å². The lowest BCUT2D eigenvalue weighted by Gasteiger charge is -2.08. The number of rotatable bonds is 5. The number of nitrogens with one attached hydrogen (secondary N) is 1. The Hall–Kier alpha value is -2.82. The molecule has 0 atom stereocenters. The lowest BCUT2D eigenvalue weighted by atomic mass is 10.2. The Morgan fingerprint density at radius 2 is 2.05 bits per heavy atom. The van der Waals surface area contributed by atoms with Crippen LogP contribution in [0.15, 0.2) is 59.3 Å². The van der Waals surface area contributed by atoms with Crippen molar-refractivity contribution in [1.82, 2.24) is 15.1 Å². The highest BCUT2D eigenvalue weighted by Gasteiger charge is 2.17. The topological polar surface area (TPSA) is 60.1 Å². The SMILES string of the molecule is CCc1c(C(=O)NCc2ccco2)cnn1-c1ccccc1. The van der Waals surface area contributed by atoms with Gasteiger partial charge in [0.2, 0.25) is 0 Å². The first kappa shape index (κ1) is 14.1. The number of para-hydroxylation sites is 1. The van der Waals surface area contributed by atoms with Gasteiger partial charge in [0.1, 0.15) is 5.76 Å². The third kappa shape index (κ3) is 2.79. The predicted molar refractivity (Wildman–Crippen MR) is 82.8 cm³/mol. The minimum absolute atomic E-state index is 0.143. The van der Waals surface area contributed by atoms with Crippen molar-refractivity contribution in [3.63, 3.8) is 0 Å². The van der Waals surface area contributed by atoms with E-state index in [4.69, 9.17) is 4.42 Å². The minimum Gasteiger partial charge on any atom is -0.467 e. The van der Waals surface area contributed by atoms with Crippen LogP contribution in [0.1, 0.15) is 28.7 Å². The molecule has 1 amide bonds. The van der Waals surface area contributed by atoms with Gasteiger partial charge in [-0.05, 0) is 30.7 Å². The fraction of sp³-hybridized carbons (Fsp3) is 0.176. The average Bonchev–Trinajstić information content (AvgIpc) is 3.22. The fourth-order valence-electron chi connectivity index (χ4n) is 2.37. The van der Waals surface area contributed by atoms with Gasteiger partial charge in [0.05, 0.1) is 35.9 Å². The zero-order chi connectivity index (χ0) is 15.4. The molecule has 112 valence electrons. The highest BCUT2D eigenvalue weighted by Crippen LogP contribution is 2.15. The quantitative estimate of drug-likeness (QED) is 0.787. The monoisotopic (exact) mass is 295 g/mol. The molecule has 0 bridgehead atoms. The Morgan fingerprint density at radius 1 is 1.23 bits per heavy atom. The second-order valence-electron chi connectivity index (χ2n) is 4.87. The van der Waals surface area contributed by atoms with Gasteiger partial charge in [0, 0.05) is 0 Å². The summed E-state index contributed by atoms with van der Waals surface area (Å²) in [5, 5.41) is 7.21. The largest absolute Gasteiger partial charge is 0.467 e. The van der Waals surface area contributed by atoms with Crippen molar-refractivity contribution in [3.8, 4) is 5.69 Å². The maximum atomic E-state index is 12.4. The van der Waals surface area contributed by atoms with Crippen LogP contribution in [0.5, 0.6) is 0 Å². The van der Waals surface area contributed by atoms with E-state index in [0.29, 0.717) is 12.1 Å². The summed E-state index contributed by atoms with van der Waals surface area (Å²) in [6.45, 7) is 2.38. The molecule has 2 heterocycles. The number of carbonyl (C=O) groups is 1. The van der Waals surface area contributed by atoms with Crippen molar-refractivity contribution in [2.24, 2.45) is 0 Å². The number of carbonyl (C=O) groups excluding carboxylic acids is 1. The van der Waals surface area contributed by atoms with E-state index in [2.05, 4.69) is 10.4 Å². The van der Waals surface area contributed by atoms with Crippen LogP contribution in [0.2, 0.25) is 0 Å². The van der Waals surface area contributed by atoms with Crippen molar-refractivity contribution in [1.29, 1.82) is 0 Å². The van der Waals surface area contributed by atoms with Crippen molar-refractivity contribution in [3.05, 3.63) is 71.9 Å². The summed E-state index contributed by atoms with van der Waals surface area (Å²) in [5.74, 6) is 0.581. The molecule has 3 rings (SSSR count). The van der Waals surface area contributed by atoms with Gasteiger partial charge in [0.25, 0.3) is 5.91 Å². The fourth-order valence-corrected chi connectivity index (χ4v) is 2.37. The molecule has 5 nitrogen and oxygen atoms in total. The number of nitrogens with zero attached hydrogens (tertiary/aromatic N) is 2. The smallest absolute Gasteiger partial charge is 0.255 e. The third-order valence-corrected chi connectivity index (χ3v) is 3.45. The molecule has 0 spiro atoms. The van der Waals surface area contributed by atoms with Crippen molar-refractivity contribution in [2.45, 2.75) is 19.9 Å². The lowest BCUT2D eigenvalue weighted by molar-refractivity contribution is 0.0947. The van der Waals surface area contributed by atoms with Crippen molar-refractivity contribution in [2.75, 3.05) is 0 Å². The Labute approximate surface area is 128 Å². The van der Waals surface area contributed by atoms with E-state index < -0.39 is 0 Å². The van der Waals surface area contributed by atoms with E-state index >= 15 is 0 Å². The van der Waals surface area contributed by atoms with E-state index in [-0.39, 0.29) is 5.91 Å². The van der Waals surface area contributed by atoms with Crippen LogP contribution in [-0.2, 0) is 13.0 Å². The van der Waals surface area contributed by atoms with Crippen LogP contribution in [0, 0.1) is 0 Å². The van der Waals surface area contributed by atoms with Gasteiger partial charge in [0.15, 0.2) is 0 Å². The highest BCUT2D eigenvalue weighted by molar-refractivity contribution is 5.95. The van der Waals surface area contributed by atoms with Gasteiger partial charge in [-0.25, -0.2) is 4.68 Å². The summed E-state index contributed by atoms with van der Waals surface area (Å²) in [6.07, 6.45) is 3.92. The second kappa shape index (κ2) is 6.30. The molecule has 0 aliphatic heterocycles. The molecule has 22 heavy (non-hydrogen) atoms. The summed E-state index contributed by atoms with van der Waals surface area (Å²) in [6, 6.07) is 13.4. The first-order chi connectivity index (χ1) is 10.8. The van der Waals surface area contributed by atoms with Crippen molar-refractivity contribution < 1.29 is 9.21 Å². The summed E-state index contributed by atoms with van der Waals surface area (Å²) in [5.41, 5.74) is 2.44. The first-order valence-corrected chi connectivity index (χ1v) is 7.22. The van der Waals surface area contributed by atoms with E-state index in [1.54, 1.807) is 18.5 Å². The third-order valence-electron chi connectivity index (χ3n) is 3.45. The molecule has 1 N–H and O–H groups in total. The first-order valence-electron chi connectivity index (χ1n) is 7.22. The molecule has 0 saturated heterocycles. The van der Waals surface area contributed by atoms with Gasteiger partial charge in [-0.3, -0.25) is 4.79 Å². The Bertz CT molecular complexity index is 746. The average molecular weight is 295 g/mol. The number of furan rings is 1. The predicted octanol–water partition coefficient (Wildman–Crippen LogP) is 2.96. The van der Waals surface area contributed by atoms with Crippen LogP contribution in [0.3, 0.4) is 0 Å². The number of amides is 1. The van der Waals surface area contributed by atoms with Gasteiger partial charge in [-0.15, -0.1) is 0 Å². The second-order valence-corrected chi connectivity index (χ2v) is 4.87. The number of hydrogen-bond acceptors (Lipinski definition) is 3. The number of hydrogen-bond donors (Lipinski definition) is 1. The molecular formula is C17H17N3O2. The Kier molecular flexibility index (Phi) is 4.05. The van der Waals surface area contributed by atoms with Crippen LogP contribution < -0.4 is 5.32 Å². The molecule has 0 saturated carbocycles. The van der Waals surface area contributed by atoms with E-state index in [1.807, 2.05) is 48.0 Å². The molecule has 0 radical (unpaired) electrons. The van der Waals surface area contributed by atoms with E-state index in [9.17, 15) is 4.79 Å². The maximum absolute atomic E-state index is 12.4. The molecule has 0 fully saturated rings.